The van der Waals surface area contributed by atoms with E-state index >= 15 is 0 Å². The normalized spacial score (nSPS) is 12.2. The van der Waals surface area contributed by atoms with Crippen LogP contribution in [0.3, 0.4) is 0 Å². The number of aromatic nitrogens is 2. The summed E-state index contributed by atoms with van der Waals surface area (Å²) in [6.07, 6.45) is 4.19. The molecule has 0 aliphatic heterocycles. The second kappa shape index (κ2) is 3.73. The molecule has 0 spiro atoms. The topological polar surface area (TPSA) is 20.5 Å². The molecule has 0 saturated carbocycles. The number of nitrogens with one attached hydrogen (secondary N) is 1. The molecule has 0 radical (unpaired) electrons. The van der Waals surface area contributed by atoms with Crippen molar-refractivity contribution in [2.75, 3.05) is 5.32 Å². The maximum absolute atomic E-state index is 3.57. The zero-order chi connectivity index (χ0) is 12.8. The minimum atomic E-state index is 0.0277. The molecule has 3 heteroatoms. The van der Waals surface area contributed by atoms with Gasteiger partial charge in [-0.3, -0.25) is 5.32 Å². The molecule has 0 fully saturated rings. The van der Waals surface area contributed by atoms with E-state index in [-0.39, 0.29) is 5.54 Å². The van der Waals surface area contributed by atoms with Crippen LogP contribution in [0.4, 0.5) is 5.95 Å². The monoisotopic (exact) mass is 240 g/mol. The Morgan fingerprint density at radius 1 is 1.06 bits per heavy atom. The molecule has 3 nitrogen and oxygen atoms in total. The van der Waals surface area contributed by atoms with E-state index in [1.807, 2.05) is 0 Å². The third-order valence-electron chi connectivity index (χ3n) is 2.93. The number of hydrogen-bond donors (Lipinski definition) is 1. The van der Waals surface area contributed by atoms with Crippen LogP contribution in [0.1, 0.15) is 20.8 Å². The Balaban J connectivity index is 2.38. The smallest absolute Gasteiger partial charge is 0.272 e. The van der Waals surface area contributed by atoms with E-state index in [9.17, 15) is 0 Å². The molecule has 0 atom stereocenters. The largest absolute Gasteiger partial charge is 0.367 e. The quantitative estimate of drug-likeness (QED) is 0.649. The Bertz CT molecular complexity index is 651. The van der Waals surface area contributed by atoms with Gasteiger partial charge < -0.3 is 0 Å². The minimum Gasteiger partial charge on any atom is -0.272 e. The maximum Gasteiger partial charge on any atom is 0.367 e. The maximum atomic E-state index is 3.57. The molecule has 3 aromatic heterocycles. The van der Waals surface area contributed by atoms with E-state index in [0.717, 1.165) is 5.95 Å². The third kappa shape index (κ3) is 1.72. The van der Waals surface area contributed by atoms with Gasteiger partial charge in [0, 0.05) is 0 Å². The summed E-state index contributed by atoms with van der Waals surface area (Å²) in [7, 11) is 0. The van der Waals surface area contributed by atoms with Crippen LogP contribution in [0.2, 0.25) is 0 Å². The van der Waals surface area contributed by atoms with Gasteiger partial charge in [-0.15, -0.1) is 0 Å². The fraction of sp³-hybridized carbons (Fsp3) is 0.267. The summed E-state index contributed by atoms with van der Waals surface area (Å²) in [4.78, 5) is 0. The van der Waals surface area contributed by atoms with Crippen LogP contribution in [0.5, 0.6) is 0 Å². The molecule has 3 rings (SSSR count). The van der Waals surface area contributed by atoms with Crippen molar-refractivity contribution in [3.8, 4) is 0 Å². The fourth-order valence-corrected chi connectivity index (χ4v) is 2.25. The Morgan fingerprint density at radius 2 is 1.83 bits per heavy atom. The van der Waals surface area contributed by atoms with Crippen molar-refractivity contribution in [3.05, 3.63) is 48.8 Å². The van der Waals surface area contributed by atoms with E-state index in [1.54, 1.807) is 0 Å². The molecule has 0 bridgehead atoms. The summed E-state index contributed by atoms with van der Waals surface area (Å²) >= 11 is 0. The number of fused-ring (bicyclic) bond motifs is 3. The SMILES string of the molecule is CC(C)(C)Nc1n2ccccc2c2cccc[n+]12. The van der Waals surface area contributed by atoms with Crippen LogP contribution in [0, 0.1) is 0 Å². The number of hydrogen-bond acceptors (Lipinski definition) is 1. The van der Waals surface area contributed by atoms with Crippen molar-refractivity contribution >= 4 is 17.0 Å². The molecule has 0 aliphatic carbocycles. The van der Waals surface area contributed by atoms with Crippen LogP contribution < -0.4 is 9.72 Å². The molecule has 0 aromatic carbocycles. The predicted molar refractivity (Wildman–Crippen MR) is 73.9 cm³/mol. The van der Waals surface area contributed by atoms with Crippen molar-refractivity contribution in [2.24, 2.45) is 0 Å². The first-order valence-corrected chi connectivity index (χ1v) is 6.24. The van der Waals surface area contributed by atoms with E-state index in [0.29, 0.717) is 0 Å². The highest BCUT2D eigenvalue weighted by Gasteiger charge is 2.23. The van der Waals surface area contributed by atoms with Crippen LogP contribution in [-0.2, 0) is 0 Å². The van der Waals surface area contributed by atoms with E-state index in [1.165, 1.54) is 11.0 Å². The zero-order valence-electron chi connectivity index (χ0n) is 11.0. The highest BCUT2D eigenvalue weighted by molar-refractivity contribution is 5.73. The Hall–Kier alpha value is -2.03. The molecule has 0 aliphatic rings. The van der Waals surface area contributed by atoms with Crippen molar-refractivity contribution in [2.45, 2.75) is 26.3 Å². The minimum absolute atomic E-state index is 0.0277. The van der Waals surface area contributed by atoms with Gasteiger partial charge in [0.1, 0.15) is 11.0 Å². The molecule has 0 saturated heterocycles. The third-order valence-corrected chi connectivity index (χ3v) is 2.93. The highest BCUT2D eigenvalue weighted by Crippen LogP contribution is 2.18. The highest BCUT2D eigenvalue weighted by atomic mass is 15.2. The lowest BCUT2D eigenvalue weighted by atomic mass is 10.1. The average molecular weight is 240 g/mol. The van der Waals surface area contributed by atoms with Crippen LogP contribution in [0.25, 0.3) is 11.0 Å². The Labute approximate surface area is 107 Å². The van der Waals surface area contributed by atoms with Gasteiger partial charge in [-0.2, -0.15) is 0 Å². The van der Waals surface area contributed by atoms with Crippen molar-refractivity contribution < 1.29 is 4.40 Å². The molecule has 3 heterocycles. The van der Waals surface area contributed by atoms with Crippen LogP contribution in [0.15, 0.2) is 48.8 Å². The van der Waals surface area contributed by atoms with Gasteiger partial charge in [0.2, 0.25) is 0 Å². The molecule has 92 valence electrons. The van der Waals surface area contributed by atoms with Gasteiger partial charge in [0.15, 0.2) is 0 Å². The van der Waals surface area contributed by atoms with E-state index < -0.39 is 0 Å². The summed E-state index contributed by atoms with van der Waals surface area (Å²) in [6, 6.07) is 12.5. The van der Waals surface area contributed by atoms with Gasteiger partial charge in [-0.05, 0) is 45.0 Å². The summed E-state index contributed by atoms with van der Waals surface area (Å²) < 4.78 is 4.39. The van der Waals surface area contributed by atoms with Gasteiger partial charge in [0.05, 0.1) is 17.9 Å². The average Bonchev–Trinajstić information content (AvgIpc) is 2.64. The predicted octanol–water partition coefficient (Wildman–Crippen LogP) is 2.89. The van der Waals surface area contributed by atoms with Crippen molar-refractivity contribution in [3.63, 3.8) is 0 Å². The summed E-state index contributed by atoms with van der Waals surface area (Å²) in [6.45, 7) is 6.51. The van der Waals surface area contributed by atoms with Gasteiger partial charge >= 0.3 is 5.95 Å². The molecule has 0 amide bonds. The molecular formula is C15H18N3+. The summed E-state index contributed by atoms with van der Waals surface area (Å²) in [5.74, 6) is 1.09. The molecule has 3 aromatic rings. The van der Waals surface area contributed by atoms with E-state index in [2.05, 4.69) is 83.7 Å². The van der Waals surface area contributed by atoms with Gasteiger partial charge in [0.25, 0.3) is 0 Å². The van der Waals surface area contributed by atoms with Crippen molar-refractivity contribution in [1.29, 1.82) is 0 Å². The first kappa shape index (κ1) is 11.1. The first-order valence-electron chi connectivity index (χ1n) is 6.24. The van der Waals surface area contributed by atoms with Crippen molar-refractivity contribution in [1.82, 2.24) is 4.40 Å². The second-order valence-corrected chi connectivity index (χ2v) is 5.61. The number of rotatable bonds is 1. The first-order chi connectivity index (χ1) is 8.56. The standard InChI is InChI=1S/C15H17N3/c1-15(2,3)16-14-17-10-6-4-8-12(17)13-9-5-7-11-18(13)14/h4-11H,1-3H3/p+1. The van der Waals surface area contributed by atoms with E-state index in [4.69, 9.17) is 0 Å². The lowest BCUT2D eigenvalue weighted by molar-refractivity contribution is -0.495. The number of imidazole rings is 1. The number of pyridine rings is 2. The fourth-order valence-electron chi connectivity index (χ4n) is 2.25. The van der Waals surface area contributed by atoms with Gasteiger partial charge in [-0.25, -0.2) is 8.80 Å². The second-order valence-electron chi connectivity index (χ2n) is 5.61. The molecular weight excluding hydrogens is 222 g/mol. The summed E-state index contributed by atoms with van der Waals surface area (Å²) in [5, 5.41) is 3.57. The zero-order valence-corrected chi connectivity index (χ0v) is 11.0. The molecule has 18 heavy (non-hydrogen) atoms. The molecule has 0 unspecified atom stereocenters. The number of nitrogens with zero attached hydrogens (tertiary/aromatic N) is 2. The van der Waals surface area contributed by atoms with Gasteiger partial charge in [-0.1, -0.05) is 12.1 Å². The lowest BCUT2D eigenvalue weighted by Gasteiger charge is -2.15. The molecule has 1 N–H and O–H groups in total. The Kier molecular flexibility index (Phi) is 2.30. The number of anilines is 1. The Morgan fingerprint density at radius 3 is 2.61 bits per heavy atom. The van der Waals surface area contributed by atoms with Crippen LogP contribution in [-0.4, -0.2) is 9.94 Å². The lowest BCUT2D eigenvalue weighted by Crippen LogP contribution is -2.34. The van der Waals surface area contributed by atoms with Crippen LogP contribution >= 0.6 is 0 Å². The summed E-state index contributed by atoms with van der Waals surface area (Å²) in [5.41, 5.74) is 2.45.